The van der Waals surface area contributed by atoms with Crippen molar-refractivity contribution in [3.05, 3.63) is 54.0 Å². The molecule has 0 saturated carbocycles. The molecule has 1 aliphatic heterocycles. The summed E-state index contributed by atoms with van der Waals surface area (Å²) in [6, 6.07) is 8.91. The summed E-state index contributed by atoms with van der Waals surface area (Å²) in [5, 5.41) is 5.94. The first kappa shape index (κ1) is 16.4. The summed E-state index contributed by atoms with van der Waals surface area (Å²) in [6.07, 6.45) is 1.63. The van der Waals surface area contributed by atoms with Gasteiger partial charge in [-0.1, -0.05) is 6.07 Å². The van der Waals surface area contributed by atoms with Crippen LogP contribution in [0, 0.1) is 5.82 Å². The zero-order chi connectivity index (χ0) is 16.8. The van der Waals surface area contributed by atoms with Gasteiger partial charge in [0.15, 0.2) is 0 Å². The van der Waals surface area contributed by atoms with E-state index in [4.69, 9.17) is 9.47 Å². The number of nitrogens with one attached hydrogen (secondary N) is 2. The van der Waals surface area contributed by atoms with E-state index in [1.165, 1.54) is 24.3 Å². The minimum absolute atomic E-state index is 0.0960. The van der Waals surface area contributed by atoms with Crippen LogP contribution >= 0.6 is 0 Å². The summed E-state index contributed by atoms with van der Waals surface area (Å²) in [7, 11) is 0. The van der Waals surface area contributed by atoms with E-state index in [-0.39, 0.29) is 17.8 Å². The fourth-order valence-corrected chi connectivity index (χ4v) is 2.25. The Morgan fingerprint density at radius 1 is 1.33 bits per heavy atom. The molecular weight excluding hydrogens is 313 g/mol. The maximum absolute atomic E-state index is 12.8. The Kier molecular flexibility index (Phi) is 5.35. The molecular formula is C17H18FN3O3. The normalized spacial score (nSPS) is 17.3. The third kappa shape index (κ3) is 4.50. The lowest BCUT2D eigenvalue weighted by Gasteiger charge is -2.22. The van der Waals surface area contributed by atoms with Crippen molar-refractivity contribution < 1.29 is 18.7 Å². The van der Waals surface area contributed by atoms with Gasteiger partial charge in [-0.25, -0.2) is 9.37 Å². The smallest absolute Gasteiger partial charge is 0.239 e. The second kappa shape index (κ2) is 7.85. The summed E-state index contributed by atoms with van der Waals surface area (Å²) in [6.45, 7) is 2.06. The van der Waals surface area contributed by atoms with Gasteiger partial charge >= 0.3 is 0 Å². The van der Waals surface area contributed by atoms with Crippen LogP contribution in [0.3, 0.4) is 0 Å². The van der Waals surface area contributed by atoms with E-state index < -0.39 is 0 Å². The third-order valence-electron chi connectivity index (χ3n) is 3.54. The lowest BCUT2D eigenvalue weighted by Crippen LogP contribution is -2.51. The van der Waals surface area contributed by atoms with Crippen LogP contribution in [0.15, 0.2) is 42.6 Å². The quantitative estimate of drug-likeness (QED) is 0.871. The largest absolute Gasteiger partial charge is 0.439 e. The Morgan fingerprint density at radius 2 is 2.17 bits per heavy atom. The minimum atomic E-state index is -0.320. The SMILES string of the molecule is O=C(NCc1ccc(Oc2ccc(F)cc2)nc1)C1COCCN1. The van der Waals surface area contributed by atoms with Crippen LogP contribution in [0.25, 0.3) is 0 Å². The molecule has 1 amide bonds. The summed E-state index contributed by atoms with van der Waals surface area (Å²) in [5.74, 6) is 0.493. The Morgan fingerprint density at radius 3 is 2.83 bits per heavy atom. The molecule has 1 saturated heterocycles. The van der Waals surface area contributed by atoms with E-state index in [1.807, 2.05) is 6.07 Å². The highest BCUT2D eigenvalue weighted by atomic mass is 19.1. The van der Waals surface area contributed by atoms with Crippen molar-refractivity contribution in [1.82, 2.24) is 15.6 Å². The molecule has 2 heterocycles. The number of pyridine rings is 1. The molecule has 1 atom stereocenters. The van der Waals surface area contributed by atoms with Gasteiger partial charge in [0, 0.05) is 25.4 Å². The number of ether oxygens (including phenoxy) is 2. The van der Waals surface area contributed by atoms with Gasteiger partial charge in [0.25, 0.3) is 0 Å². The number of carbonyl (C=O) groups excluding carboxylic acids is 1. The van der Waals surface area contributed by atoms with E-state index in [0.29, 0.717) is 37.9 Å². The van der Waals surface area contributed by atoms with Gasteiger partial charge in [-0.2, -0.15) is 0 Å². The Bertz CT molecular complexity index is 670. The van der Waals surface area contributed by atoms with Crippen LogP contribution in [-0.2, 0) is 16.1 Å². The molecule has 2 N–H and O–H groups in total. The monoisotopic (exact) mass is 331 g/mol. The number of benzene rings is 1. The molecule has 2 aromatic rings. The van der Waals surface area contributed by atoms with Crippen LogP contribution in [0.2, 0.25) is 0 Å². The summed E-state index contributed by atoms with van der Waals surface area (Å²) < 4.78 is 23.6. The highest BCUT2D eigenvalue weighted by Crippen LogP contribution is 2.19. The molecule has 1 unspecified atom stereocenters. The fraction of sp³-hybridized carbons (Fsp3) is 0.294. The van der Waals surface area contributed by atoms with Gasteiger partial charge in [-0.15, -0.1) is 0 Å². The number of rotatable bonds is 5. The molecule has 24 heavy (non-hydrogen) atoms. The topological polar surface area (TPSA) is 72.5 Å². The van der Waals surface area contributed by atoms with Gasteiger partial charge in [0.2, 0.25) is 11.8 Å². The lowest BCUT2D eigenvalue weighted by molar-refractivity contribution is -0.126. The number of halogens is 1. The lowest BCUT2D eigenvalue weighted by atomic mass is 10.2. The number of nitrogens with zero attached hydrogens (tertiary/aromatic N) is 1. The second-order valence-corrected chi connectivity index (χ2v) is 5.36. The first-order valence-electron chi connectivity index (χ1n) is 7.68. The Labute approximate surface area is 139 Å². The maximum Gasteiger partial charge on any atom is 0.239 e. The predicted molar refractivity (Wildman–Crippen MR) is 85.2 cm³/mol. The number of hydrogen-bond donors (Lipinski definition) is 2. The third-order valence-corrected chi connectivity index (χ3v) is 3.54. The number of morpholine rings is 1. The van der Waals surface area contributed by atoms with Crippen molar-refractivity contribution in [2.75, 3.05) is 19.8 Å². The molecule has 126 valence electrons. The Balaban J connectivity index is 1.50. The van der Waals surface area contributed by atoms with E-state index in [2.05, 4.69) is 15.6 Å². The highest BCUT2D eigenvalue weighted by molar-refractivity contribution is 5.81. The highest BCUT2D eigenvalue weighted by Gasteiger charge is 2.20. The fourth-order valence-electron chi connectivity index (χ4n) is 2.25. The van der Waals surface area contributed by atoms with Crippen molar-refractivity contribution in [2.24, 2.45) is 0 Å². The van der Waals surface area contributed by atoms with Crippen molar-refractivity contribution in [1.29, 1.82) is 0 Å². The van der Waals surface area contributed by atoms with Gasteiger partial charge in [-0.3, -0.25) is 4.79 Å². The molecule has 7 heteroatoms. The Hall–Kier alpha value is -2.51. The summed E-state index contributed by atoms with van der Waals surface area (Å²) >= 11 is 0. The molecule has 0 spiro atoms. The van der Waals surface area contributed by atoms with E-state index in [9.17, 15) is 9.18 Å². The van der Waals surface area contributed by atoms with Gasteiger partial charge < -0.3 is 20.1 Å². The van der Waals surface area contributed by atoms with Crippen LogP contribution < -0.4 is 15.4 Å². The van der Waals surface area contributed by atoms with Crippen molar-refractivity contribution in [3.8, 4) is 11.6 Å². The average Bonchev–Trinajstić information content (AvgIpc) is 2.63. The van der Waals surface area contributed by atoms with Gasteiger partial charge in [-0.05, 0) is 29.8 Å². The van der Waals surface area contributed by atoms with E-state index in [0.717, 1.165) is 5.56 Å². The van der Waals surface area contributed by atoms with E-state index in [1.54, 1.807) is 12.3 Å². The van der Waals surface area contributed by atoms with Crippen molar-refractivity contribution >= 4 is 5.91 Å². The van der Waals surface area contributed by atoms with Crippen LogP contribution in [-0.4, -0.2) is 36.7 Å². The molecule has 6 nitrogen and oxygen atoms in total. The van der Waals surface area contributed by atoms with Crippen molar-refractivity contribution in [2.45, 2.75) is 12.6 Å². The predicted octanol–water partition coefficient (Wildman–Crippen LogP) is 1.62. The number of hydrogen-bond acceptors (Lipinski definition) is 5. The first-order valence-corrected chi connectivity index (χ1v) is 7.68. The molecule has 1 fully saturated rings. The summed E-state index contributed by atoms with van der Waals surface area (Å²) in [5.41, 5.74) is 0.853. The van der Waals surface area contributed by atoms with E-state index >= 15 is 0 Å². The van der Waals surface area contributed by atoms with Gasteiger partial charge in [0.05, 0.1) is 13.2 Å². The van der Waals surface area contributed by atoms with Crippen LogP contribution in [0.1, 0.15) is 5.56 Å². The number of aromatic nitrogens is 1. The second-order valence-electron chi connectivity index (χ2n) is 5.36. The molecule has 1 aliphatic rings. The number of carbonyl (C=O) groups is 1. The van der Waals surface area contributed by atoms with Crippen LogP contribution in [0.5, 0.6) is 11.6 Å². The molecule has 0 radical (unpaired) electrons. The average molecular weight is 331 g/mol. The number of amides is 1. The zero-order valence-corrected chi connectivity index (χ0v) is 13.0. The van der Waals surface area contributed by atoms with Crippen molar-refractivity contribution in [3.63, 3.8) is 0 Å². The van der Waals surface area contributed by atoms with Gasteiger partial charge in [0.1, 0.15) is 17.6 Å². The molecule has 0 bridgehead atoms. The zero-order valence-electron chi connectivity index (χ0n) is 13.0. The van der Waals surface area contributed by atoms with Crippen LogP contribution in [0.4, 0.5) is 4.39 Å². The maximum atomic E-state index is 12.8. The molecule has 0 aliphatic carbocycles. The standard InChI is InChI=1S/C17H18FN3O3/c18-13-2-4-14(5-3-13)24-16-6-1-12(9-20-16)10-21-17(22)15-11-23-8-7-19-15/h1-6,9,15,19H,7-8,10-11H2,(H,21,22). The first-order chi connectivity index (χ1) is 11.7. The molecule has 1 aromatic heterocycles. The molecule has 1 aromatic carbocycles. The summed E-state index contributed by atoms with van der Waals surface area (Å²) in [4.78, 5) is 16.2. The minimum Gasteiger partial charge on any atom is -0.439 e. The molecule has 3 rings (SSSR count).